The van der Waals surface area contributed by atoms with E-state index in [-0.39, 0.29) is 5.75 Å². The topological polar surface area (TPSA) is 53.2 Å². The molecule has 0 aliphatic carbocycles. The van der Waals surface area contributed by atoms with E-state index in [0.717, 1.165) is 17.7 Å². The average molecular weight is 253 g/mol. The van der Waals surface area contributed by atoms with Crippen LogP contribution in [0.3, 0.4) is 0 Å². The van der Waals surface area contributed by atoms with Gasteiger partial charge in [0.25, 0.3) is 0 Å². The minimum Gasteiger partial charge on any atom is -0.508 e. The molecule has 0 aliphatic rings. The van der Waals surface area contributed by atoms with Crippen LogP contribution in [0.4, 0.5) is 0 Å². The third-order valence-electron chi connectivity index (χ3n) is 3.05. The summed E-state index contributed by atoms with van der Waals surface area (Å²) < 4.78 is 5.11. The monoisotopic (exact) mass is 253 g/mol. The van der Waals surface area contributed by atoms with Gasteiger partial charge in [0, 0.05) is 0 Å². The maximum Gasteiger partial charge on any atom is 0.118 e. The van der Waals surface area contributed by atoms with Crippen molar-refractivity contribution in [3.05, 3.63) is 59.2 Å². The van der Waals surface area contributed by atoms with Crippen LogP contribution in [0.15, 0.2) is 42.5 Å². The summed E-state index contributed by atoms with van der Waals surface area (Å²) in [4.78, 5) is 0. The highest BCUT2D eigenvalue weighted by molar-refractivity contribution is 5.41. The van der Waals surface area contributed by atoms with Crippen LogP contribution >= 0.6 is 0 Å². The van der Waals surface area contributed by atoms with E-state index in [0.29, 0.717) is 12.0 Å². The molecule has 0 saturated carbocycles. The molecule has 2 aromatic carbocycles. The van der Waals surface area contributed by atoms with Gasteiger partial charge in [-0.3, -0.25) is 0 Å². The second-order valence-electron chi connectivity index (χ2n) is 4.30. The first-order valence-electron chi connectivity index (χ1n) is 6.08. The van der Waals surface area contributed by atoms with Gasteiger partial charge in [-0.2, -0.15) is 5.26 Å². The van der Waals surface area contributed by atoms with Crippen LogP contribution in [0.2, 0.25) is 0 Å². The Morgan fingerprint density at radius 3 is 2.47 bits per heavy atom. The van der Waals surface area contributed by atoms with Crippen LogP contribution in [-0.2, 0) is 12.8 Å². The Labute approximate surface area is 112 Å². The van der Waals surface area contributed by atoms with Gasteiger partial charge in [-0.1, -0.05) is 12.1 Å². The number of nitrogens with zero attached hydrogens (tertiary/aromatic N) is 1. The molecule has 0 aliphatic heterocycles. The molecule has 0 atom stereocenters. The van der Waals surface area contributed by atoms with Crippen molar-refractivity contribution in [3.63, 3.8) is 0 Å². The van der Waals surface area contributed by atoms with Gasteiger partial charge in [0.05, 0.1) is 18.7 Å². The van der Waals surface area contributed by atoms with E-state index in [1.165, 1.54) is 5.56 Å². The van der Waals surface area contributed by atoms with E-state index in [2.05, 4.69) is 6.07 Å². The molecule has 0 heterocycles. The van der Waals surface area contributed by atoms with E-state index in [1.54, 1.807) is 25.3 Å². The van der Waals surface area contributed by atoms with Crippen molar-refractivity contribution >= 4 is 0 Å². The molecule has 0 bridgehead atoms. The molecule has 0 amide bonds. The van der Waals surface area contributed by atoms with Crippen LogP contribution in [0.1, 0.15) is 16.7 Å². The highest BCUT2D eigenvalue weighted by atomic mass is 16.5. The van der Waals surface area contributed by atoms with Crippen LogP contribution in [0.5, 0.6) is 11.5 Å². The second kappa shape index (κ2) is 5.92. The number of ether oxygens (including phenoxy) is 1. The molecule has 1 N–H and O–H groups in total. The summed E-state index contributed by atoms with van der Waals surface area (Å²) in [6.45, 7) is 0. The van der Waals surface area contributed by atoms with Gasteiger partial charge in [-0.05, 0) is 54.3 Å². The largest absolute Gasteiger partial charge is 0.508 e. The van der Waals surface area contributed by atoms with Crippen molar-refractivity contribution in [1.82, 2.24) is 0 Å². The molecule has 2 rings (SSSR count). The van der Waals surface area contributed by atoms with Gasteiger partial charge in [0.2, 0.25) is 0 Å². The zero-order valence-corrected chi connectivity index (χ0v) is 10.8. The van der Waals surface area contributed by atoms with E-state index in [1.807, 2.05) is 24.3 Å². The zero-order chi connectivity index (χ0) is 13.7. The summed E-state index contributed by atoms with van der Waals surface area (Å²) in [7, 11) is 1.64. The van der Waals surface area contributed by atoms with E-state index >= 15 is 0 Å². The number of hydrogen-bond acceptors (Lipinski definition) is 3. The molecule has 0 fully saturated rings. The number of benzene rings is 2. The van der Waals surface area contributed by atoms with Crippen LogP contribution in [-0.4, -0.2) is 12.2 Å². The van der Waals surface area contributed by atoms with Gasteiger partial charge >= 0.3 is 0 Å². The Balaban J connectivity index is 2.07. The summed E-state index contributed by atoms with van der Waals surface area (Å²) in [6.07, 6.45) is 1.51. The van der Waals surface area contributed by atoms with Crippen LogP contribution in [0, 0.1) is 11.3 Å². The fourth-order valence-electron chi connectivity index (χ4n) is 1.93. The van der Waals surface area contributed by atoms with Gasteiger partial charge < -0.3 is 9.84 Å². The van der Waals surface area contributed by atoms with Gasteiger partial charge in [-0.15, -0.1) is 0 Å². The Hall–Kier alpha value is -2.47. The summed E-state index contributed by atoms with van der Waals surface area (Å²) in [5, 5.41) is 18.6. The first kappa shape index (κ1) is 13.0. The molecule has 3 heteroatoms. The number of rotatable bonds is 4. The molecular weight excluding hydrogens is 238 g/mol. The minimum absolute atomic E-state index is 0.243. The third-order valence-corrected chi connectivity index (χ3v) is 3.05. The Bertz CT molecular complexity index is 597. The lowest BCUT2D eigenvalue weighted by atomic mass is 10.0. The van der Waals surface area contributed by atoms with Gasteiger partial charge in [-0.25, -0.2) is 0 Å². The standard InChI is InChI=1S/C16H15NO2/c1-19-15-7-3-12(4-8-15)2-6-14-10-13(11-17)5-9-16(14)18/h3-5,7-10,18H,2,6H2,1H3. The third kappa shape index (κ3) is 3.26. The maximum atomic E-state index is 9.76. The summed E-state index contributed by atoms with van der Waals surface area (Å²) >= 11 is 0. The number of phenols is 1. The molecule has 0 aromatic heterocycles. The summed E-state index contributed by atoms with van der Waals surface area (Å²) in [6, 6.07) is 14.8. The SMILES string of the molecule is COc1ccc(CCc2cc(C#N)ccc2O)cc1. The molecule has 2 aromatic rings. The lowest BCUT2D eigenvalue weighted by molar-refractivity contribution is 0.414. The van der Waals surface area contributed by atoms with E-state index in [4.69, 9.17) is 10.00 Å². The number of aryl methyl sites for hydroxylation is 2. The van der Waals surface area contributed by atoms with Crippen molar-refractivity contribution in [2.45, 2.75) is 12.8 Å². The van der Waals surface area contributed by atoms with Crippen LogP contribution in [0.25, 0.3) is 0 Å². The van der Waals surface area contributed by atoms with Gasteiger partial charge in [0.1, 0.15) is 11.5 Å². The van der Waals surface area contributed by atoms with Crippen molar-refractivity contribution in [3.8, 4) is 17.6 Å². The Morgan fingerprint density at radius 2 is 1.84 bits per heavy atom. The molecular formula is C16H15NO2. The molecule has 3 nitrogen and oxygen atoms in total. The summed E-state index contributed by atoms with van der Waals surface area (Å²) in [5.41, 5.74) is 2.54. The number of aromatic hydroxyl groups is 1. The average Bonchev–Trinajstić information content (AvgIpc) is 2.47. The Kier molecular flexibility index (Phi) is 4.04. The molecule has 96 valence electrons. The van der Waals surface area contributed by atoms with Crippen molar-refractivity contribution in [2.24, 2.45) is 0 Å². The number of phenolic OH excluding ortho intramolecular Hbond substituents is 1. The van der Waals surface area contributed by atoms with Crippen molar-refractivity contribution < 1.29 is 9.84 Å². The predicted molar refractivity (Wildman–Crippen MR) is 73.2 cm³/mol. The molecule has 0 saturated heterocycles. The zero-order valence-electron chi connectivity index (χ0n) is 10.8. The number of nitriles is 1. The number of methoxy groups -OCH3 is 1. The lowest BCUT2D eigenvalue weighted by Gasteiger charge is -2.06. The smallest absolute Gasteiger partial charge is 0.118 e. The van der Waals surface area contributed by atoms with Crippen LogP contribution < -0.4 is 4.74 Å². The second-order valence-corrected chi connectivity index (χ2v) is 4.30. The first-order valence-corrected chi connectivity index (χ1v) is 6.08. The van der Waals surface area contributed by atoms with E-state index < -0.39 is 0 Å². The first-order chi connectivity index (χ1) is 9.22. The highest BCUT2D eigenvalue weighted by Crippen LogP contribution is 2.21. The fourth-order valence-corrected chi connectivity index (χ4v) is 1.93. The van der Waals surface area contributed by atoms with Crippen molar-refractivity contribution in [2.75, 3.05) is 7.11 Å². The lowest BCUT2D eigenvalue weighted by Crippen LogP contribution is -1.93. The molecule has 19 heavy (non-hydrogen) atoms. The fraction of sp³-hybridized carbons (Fsp3) is 0.188. The predicted octanol–water partition coefficient (Wildman–Crippen LogP) is 3.06. The molecule has 0 radical (unpaired) electrons. The van der Waals surface area contributed by atoms with Gasteiger partial charge in [0.15, 0.2) is 0 Å². The highest BCUT2D eigenvalue weighted by Gasteiger charge is 2.03. The molecule has 0 spiro atoms. The quantitative estimate of drug-likeness (QED) is 0.911. The van der Waals surface area contributed by atoms with Crippen molar-refractivity contribution in [1.29, 1.82) is 5.26 Å². The number of hydrogen-bond donors (Lipinski definition) is 1. The Morgan fingerprint density at radius 1 is 1.11 bits per heavy atom. The minimum atomic E-state index is 0.243. The normalized spacial score (nSPS) is 9.89. The maximum absolute atomic E-state index is 9.76. The summed E-state index contributed by atoms with van der Waals surface area (Å²) in [5.74, 6) is 1.07. The van der Waals surface area contributed by atoms with E-state index in [9.17, 15) is 5.11 Å². The molecule has 0 unspecified atom stereocenters.